The number of rotatable bonds is 4. The standard InChI is InChI=1S/C16H23N5/c1-21(2)20-16-18-14-11-7-6-10-13(14)15(19-16)17-12-8-4-3-5-9-12/h6-7,10-12H,3-5,8-9H2,1-2H3,(H2,17,18,19,20). The topological polar surface area (TPSA) is 53.1 Å². The number of aromatic nitrogens is 2. The van der Waals surface area contributed by atoms with Crippen molar-refractivity contribution in [3.05, 3.63) is 24.3 Å². The van der Waals surface area contributed by atoms with E-state index in [1.54, 1.807) is 0 Å². The Balaban J connectivity index is 1.93. The molecule has 0 spiro atoms. The average Bonchev–Trinajstić information content (AvgIpc) is 2.47. The molecular formula is C16H23N5. The van der Waals surface area contributed by atoms with Crippen LogP contribution in [0, 0.1) is 0 Å². The second-order valence-corrected chi connectivity index (χ2v) is 5.90. The zero-order chi connectivity index (χ0) is 14.7. The normalized spacial score (nSPS) is 16.3. The van der Waals surface area contributed by atoms with E-state index in [0.717, 1.165) is 16.7 Å². The molecule has 21 heavy (non-hydrogen) atoms. The molecule has 1 aromatic heterocycles. The molecule has 1 heterocycles. The average molecular weight is 285 g/mol. The summed E-state index contributed by atoms with van der Waals surface area (Å²) in [5, 5.41) is 6.57. The third kappa shape index (κ3) is 3.42. The van der Waals surface area contributed by atoms with Crippen LogP contribution >= 0.6 is 0 Å². The van der Waals surface area contributed by atoms with Crippen LogP contribution in [0.4, 0.5) is 11.8 Å². The number of benzene rings is 1. The maximum atomic E-state index is 4.66. The van der Waals surface area contributed by atoms with Crippen LogP contribution in [-0.2, 0) is 0 Å². The van der Waals surface area contributed by atoms with Crippen LogP contribution in [-0.4, -0.2) is 35.1 Å². The Morgan fingerprint density at radius 1 is 1.05 bits per heavy atom. The van der Waals surface area contributed by atoms with E-state index in [-0.39, 0.29) is 0 Å². The summed E-state index contributed by atoms with van der Waals surface area (Å²) in [6.45, 7) is 0. The largest absolute Gasteiger partial charge is 0.367 e. The van der Waals surface area contributed by atoms with Gasteiger partial charge in [0.05, 0.1) is 5.52 Å². The van der Waals surface area contributed by atoms with Gasteiger partial charge in [-0.2, -0.15) is 4.98 Å². The zero-order valence-corrected chi connectivity index (χ0v) is 12.8. The lowest BCUT2D eigenvalue weighted by Gasteiger charge is -2.24. The van der Waals surface area contributed by atoms with Gasteiger partial charge in [-0.25, -0.2) is 9.99 Å². The smallest absolute Gasteiger partial charge is 0.240 e. The van der Waals surface area contributed by atoms with Gasteiger partial charge in [0, 0.05) is 25.5 Å². The van der Waals surface area contributed by atoms with Crippen molar-refractivity contribution in [2.45, 2.75) is 38.1 Å². The van der Waals surface area contributed by atoms with E-state index in [0.29, 0.717) is 12.0 Å². The fourth-order valence-corrected chi connectivity index (χ4v) is 2.88. The first-order valence-corrected chi connectivity index (χ1v) is 7.69. The predicted octanol–water partition coefficient (Wildman–Crippen LogP) is 3.26. The molecule has 1 aliphatic rings. The van der Waals surface area contributed by atoms with E-state index in [2.05, 4.69) is 26.8 Å². The molecule has 2 N–H and O–H groups in total. The van der Waals surface area contributed by atoms with Gasteiger partial charge in [-0.15, -0.1) is 0 Å². The van der Waals surface area contributed by atoms with Crippen LogP contribution in [0.15, 0.2) is 24.3 Å². The maximum absolute atomic E-state index is 4.66. The van der Waals surface area contributed by atoms with E-state index < -0.39 is 0 Å². The van der Waals surface area contributed by atoms with Crippen molar-refractivity contribution in [1.29, 1.82) is 0 Å². The van der Waals surface area contributed by atoms with Gasteiger partial charge >= 0.3 is 0 Å². The van der Waals surface area contributed by atoms with E-state index in [4.69, 9.17) is 0 Å². The lowest BCUT2D eigenvalue weighted by atomic mass is 9.95. The number of nitrogens with one attached hydrogen (secondary N) is 2. The minimum atomic E-state index is 0.532. The highest BCUT2D eigenvalue weighted by Crippen LogP contribution is 2.26. The molecule has 5 heteroatoms. The van der Waals surface area contributed by atoms with Gasteiger partial charge in [0.25, 0.3) is 0 Å². The summed E-state index contributed by atoms with van der Waals surface area (Å²) in [6.07, 6.45) is 6.44. The summed E-state index contributed by atoms with van der Waals surface area (Å²) in [7, 11) is 3.87. The van der Waals surface area contributed by atoms with E-state index in [9.17, 15) is 0 Å². The molecule has 112 valence electrons. The molecule has 3 rings (SSSR count). The summed E-state index contributed by atoms with van der Waals surface area (Å²) in [5.41, 5.74) is 4.11. The molecule has 1 fully saturated rings. The van der Waals surface area contributed by atoms with Crippen LogP contribution in [0.5, 0.6) is 0 Å². The van der Waals surface area contributed by atoms with Gasteiger partial charge in [-0.1, -0.05) is 31.4 Å². The van der Waals surface area contributed by atoms with Crippen LogP contribution in [0.25, 0.3) is 10.9 Å². The Bertz CT molecular complexity index is 605. The summed E-state index contributed by atoms with van der Waals surface area (Å²) >= 11 is 0. The monoisotopic (exact) mass is 285 g/mol. The Labute approximate surface area is 125 Å². The number of para-hydroxylation sites is 1. The molecular weight excluding hydrogens is 262 g/mol. The fourth-order valence-electron chi connectivity index (χ4n) is 2.88. The third-order valence-electron chi connectivity index (χ3n) is 3.87. The number of anilines is 2. The molecule has 0 bridgehead atoms. The van der Waals surface area contributed by atoms with Gasteiger partial charge in [-0.05, 0) is 25.0 Å². The molecule has 0 unspecified atom stereocenters. The van der Waals surface area contributed by atoms with Gasteiger partial charge in [0.15, 0.2) is 0 Å². The molecule has 1 aliphatic carbocycles. The van der Waals surface area contributed by atoms with Crippen molar-refractivity contribution < 1.29 is 0 Å². The highest BCUT2D eigenvalue weighted by atomic mass is 15.5. The molecule has 5 nitrogen and oxygen atoms in total. The lowest BCUT2D eigenvalue weighted by Crippen LogP contribution is -2.25. The van der Waals surface area contributed by atoms with E-state index in [1.165, 1.54) is 32.1 Å². The van der Waals surface area contributed by atoms with Crippen LogP contribution < -0.4 is 10.7 Å². The van der Waals surface area contributed by atoms with E-state index in [1.807, 2.05) is 37.3 Å². The van der Waals surface area contributed by atoms with E-state index >= 15 is 0 Å². The third-order valence-corrected chi connectivity index (χ3v) is 3.87. The quantitative estimate of drug-likeness (QED) is 0.844. The fraction of sp³-hybridized carbons (Fsp3) is 0.500. The Hall–Kier alpha value is -1.88. The van der Waals surface area contributed by atoms with Crippen molar-refractivity contribution in [2.75, 3.05) is 24.8 Å². The first-order valence-electron chi connectivity index (χ1n) is 7.69. The maximum Gasteiger partial charge on any atom is 0.240 e. The Morgan fingerprint density at radius 2 is 1.81 bits per heavy atom. The minimum absolute atomic E-state index is 0.532. The zero-order valence-electron chi connectivity index (χ0n) is 12.8. The Kier molecular flexibility index (Phi) is 4.20. The van der Waals surface area contributed by atoms with Crippen molar-refractivity contribution in [2.24, 2.45) is 0 Å². The van der Waals surface area contributed by atoms with Crippen molar-refractivity contribution in [3.8, 4) is 0 Å². The number of hydrogen-bond acceptors (Lipinski definition) is 5. The summed E-state index contributed by atoms with van der Waals surface area (Å²) < 4.78 is 0. The molecule has 2 aromatic rings. The minimum Gasteiger partial charge on any atom is -0.367 e. The molecule has 0 aliphatic heterocycles. The summed E-state index contributed by atoms with van der Waals surface area (Å²) in [5.74, 6) is 1.58. The number of nitrogens with zero attached hydrogens (tertiary/aromatic N) is 3. The predicted molar refractivity (Wildman–Crippen MR) is 87.3 cm³/mol. The Morgan fingerprint density at radius 3 is 2.57 bits per heavy atom. The van der Waals surface area contributed by atoms with Crippen molar-refractivity contribution in [3.63, 3.8) is 0 Å². The van der Waals surface area contributed by atoms with Gasteiger partial charge < -0.3 is 5.32 Å². The SMILES string of the molecule is CN(C)Nc1nc(NC2CCCCC2)c2ccccc2n1. The molecule has 1 aromatic carbocycles. The van der Waals surface area contributed by atoms with Crippen LogP contribution in [0.2, 0.25) is 0 Å². The molecule has 0 saturated heterocycles. The number of hydrogen-bond donors (Lipinski definition) is 2. The lowest BCUT2D eigenvalue weighted by molar-refractivity contribution is 0.461. The highest BCUT2D eigenvalue weighted by molar-refractivity contribution is 5.90. The number of fused-ring (bicyclic) bond motifs is 1. The summed E-state index contributed by atoms with van der Waals surface area (Å²) in [4.78, 5) is 9.23. The van der Waals surface area contributed by atoms with Gasteiger partial charge in [0.1, 0.15) is 5.82 Å². The summed E-state index contributed by atoms with van der Waals surface area (Å²) in [6, 6.07) is 8.70. The van der Waals surface area contributed by atoms with Crippen molar-refractivity contribution >= 4 is 22.7 Å². The van der Waals surface area contributed by atoms with Gasteiger partial charge in [-0.3, -0.25) is 5.43 Å². The molecule has 0 atom stereocenters. The molecule has 0 radical (unpaired) electrons. The number of hydrazine groups is 1. The second kappa shape index (κ2) is 6.26. The van der Waals surface area contributed by atoms with Crippen LogP contribution in [0.3, 0.4) is 0 Å². The highest BCUT2D eigenvalue weighted by Gasteiger charge is 2.16. The molecule has 1 saturated carbocycles. The molecule has 0 amide bonds. The van der Waals surface area contributed by atoms with Crippen molar-refractivity contribution in [1.82, 2.24) is 15.0 Å². The van der Waals surface area contributed by atoms with Gasteiger partial charge in [0.2, 0.25) is 5.95 Å². The van der Waals surface area contributed by atoms with Crippen LogP contribution in [0.1, 0.15) is 32.1 Å². The first-order chi connectivity index (χ1) is 10.2. The first kappa shape index (κ1) is 14.1. The second-order valence-electron chi connectivity index (χ2n) is 5.90.